The van der Waals surface area contributed by atoms with Crippen LogP contribution in [-0.2, 0) is 10.0 Å². The summed E-state index contributed by atoms with van der Waals surface area (Å²) in [7, 11) is -2.11. The zero-order valence-corrected chi connectivity index (χ0v) is 13.8. The number of benzene rings is 1. The molecule has 1 saturated heterocycles. The summed E-state index contributed by atoms with van der Waals surface area (Å²) in [5, 5.41) is 3.32. The highest BCUT2D eigenvalue weighted by Crippen LogP contribution is 2.27. The molecule has 0 bridgehead atoms. The van der Waals surface area contributed by atoms with Crippen LogP contribution in [-0.4, -0.2) is 34.7 Å². The Bertz CT molecular complexity index is 557. The maximum Gasteiger partial charge on any atom is 0.244 e. The van der Waals surface area contributed by atoms with Crippen LogP contribution in [0, 0.1) is 0 Å². The summed E-state index contributed by atoms with van der Waals surface area (Å²) in [6.45, 7) is 1.35. The van der Waals surface area contributed by atoms with Gasteiger partial charge in [-0.05, 0) is 37.6 Å². The Hall–Kier alpha value is -0.630. The van der Waals surface area contributed by atoms with Crippen LogP contribution in [0.15, 0.2) is 27.6 Å². The zero-order valence-electron chi connectivity index (χ0n) is 11.4. The molecule has 1 aliphatic rings. The van der Waals surface area contributed by atoms with Crippen molar-refractivity contribution in [2.24, 2.45) is 0 Å². The van der Waals surface area contributed by atoms with Crippen LogP contribution in [0.4, 0.5) is 0 Å². The van der Waals surface area contributed by atoms with E-state index in [9.17, 15) is 8.42 Å². The van der Waals surface area contributed by atoms with Gasteiger partial charge in [-0.3, -0.25) is 0 Å². The van der Waals surface area contributed by atoms with E-state index in [-0.39, 0.29) is 10.9 Å². The Balaban J connectivity index is 2.11. The fraction of sp³-hybridized carbons (Fsp3) is 0.538. The van der Waals surface area contributed by atoms with Gasteiger partial charge in [-0.2, -0.15) is 0 Å². The molecule has 1 heterocycles. The van der Waals surface area contributed by atoms with Gasteiger partial charge in [-0.1, -0.05) is 22.4 Å². The number of nitrogens with one attached hydrogen (secondary N) is 2. The van der Waals surface area contributed by atoms with Crippen LogP contribution in [0.3, 0.4) is 0 Å². The summed E-state index contributed by atoms with van der Waals surface area (Å²) < 4.78 is 33.2. The van der Waals surface area contributed by atoms with E-state index in [0.29, 0.717) is 16.8 Å². The maximum atomic E-state index is 12.4. The van der Waals surface area contributed by atoms with E-state index < -0.39 is 10.0 Å². The third kappa shape index (κ3) is 3.94. The molecule has 0 radical (unpaired) electrons. The van der Waals surface area contributed by atoms with Crippen LogP contribution in [0.25, 0.3) is 0 Å². The van der Waals surface area contributed by atoms with Gasteiger partial charge < -0.3 is 10.1 Å². The minimum Gasteiger partial charge on any atom is -0.495 e. The molecule has 20 heavy (non-hydrogen) atoms. The van der Waals surface area contributed by atoms with E-state index in [4.69, 9.17) is 4.74 Å². The average Bonchev–Trinajstić information content (AvgIpc) is 2.46. The van der Waals surface area contributed by atoms with E-state index in [1.54, 1.807) is 18.2 Å². The summed E-state index contributed by atoms with van der Waals surface area (Å²) in [5.74, 6) is 0.345. The summed E-state index contributed by atoms with van der Waals surface area (Å²) in [4.78, 5) is 0.158. The van der Waals surface area contributed by atoms with Gasteiger partial charge in [-0.25, -0.2) is 13.1 Å². The molecule has 1 fully saturated rings. The fourth-order valence-electron chi connectivity index (χ4n) is 2.25. The lowest BCUT2D eigenvalue weighted by Crippen LogP contribution is -2.43. The lowest BCUT2D eigenvalue weighted by Gasteiger charge is -2.23. The van der Waals surface area contributed by atoms with E-state index in [0.717, 1.165) is 25.8 Å². The van der Waals surface area contributed by atoms with E-state index in [1.165, 1.54) is 7.11 Å². The predicted octanol–water partition coefficient (Wildman–Crippen LogP) is 1.88. The van der Waals surface area contributed by atoms with Crippen molar-refractivity contribution in [3.8, 4) is 5.75 Å². The van der Waals surface area contributed by atoms with Crippen molar-refractivity contribution in [3.05, 3.63) is 22.7 Å². The molecule has 0 spiro atoms. The standard InChI is InChI=1S/C13H19BrN2O3S/c1-19-12-6-5-10(14)8-13(12)20(17,18)16-9-11-4-2-3-7-15-11/h5-6,8,11,15-16H,2-4,7,9H2,1H3/t11-/m1/s1. The largest absolute Gasteiger partial charge is 0.495 e. The molecule has 1 atom stereocenters. The van der Waals surface area contributed by atoms with Gasteiger partial charge in [0.25, 0.3) is 0 Å². The number of halogens is 1. The molecule has 1 aromatic rings. The maximum absolute atomic E-state index is 12.4. The summed E-state index contributed by atoms with van der Waals surface area (Å²) in [5.41, 5.74) is 0. The monoisotopic (exact) mass is 362 g/mol. The molecular weight excluding hydrogens is 344 g/mol. The van der Waals surface area contributed by atoms with Crippen LogP contribution in [0.2, 0.25) is 0 Å². The summed E-state index contributed by atoms with van der Waals surface area (Å²) in [6, 6.07) is 5.14. The Morgan fingerprint density at radius 1 is 1.45 bits per heavy atom. The van der Waals surface area contributed by atoms with Gasteiger partial charge in [0.15, 0.2) is 0 Å². The predicted molar refractivity (Wildman–Crippen MR) is 81.5 cm³/mol. The number of ether oxygens (including phenoxy) is 1. The van der Waals surface area contributed by atoms with Crippen LogP contribution in [0.5, 0.6) is 5.75 Å². The van der Waals surface area contributed by atoms with Gasteiger partial charge in [0.05, 0.1) is 7.11 Å². The Labute approximate surface area is 128 Å². The Morgan fingerprint density at radius 3 is 2.90 bits per heavy atom. The second-order valence-electron chi connectivity index (χ2n) is 4.79. The van der Waals surface area contributed by atoms with Crippen molar-refractivity contribution in [1.29, 1.82) is 0 Å². The van der Waals surface area contributed by atoms with Gasteiger partial charge in [0.1, 0.15) is 10.6 Å². The van der Waals surface area contributed by atoms with Crippen molar-refractivity contribution in [2.45, 2.75) is 30.2 Å². The number of methoxy groups -OCH3 is 1. The van der Waals surface area contributed by atoms with E-state index in [1.807, 2.05) is 0 Å². The highest BCUT2D eigenvalue weighted by atomic mass is 79.9. The average molecular weight is 363 g/mol. The number of piperidine rings is 1. The van der Waals surface area contributed by atoms with Crippen molar-refractivity contribution < 1.29 is 13.2 Å². The first kappa shape index (κ1) is 15.8. The lowest BCUT2D eigenvalue weighted by molar-refractivity contribution is 0.394. The fourth-order valence-corrected chi connectivity index (χ4v) is 4.03. The van der Waals surface area contributed by atoms with Crippen LogP contribution >= 0.6 is 15.9 Å². The SMILES string of the molecule is COc1ccc(Br)cc1S(=O)(=O)NC[C@H]1CCCCN1. The second-order valence-corrected chi connectivity index (χ2v) is 7.44. The second kappa shape index (κ2) is 6.89. The number of hydrogen-bond donors (Lipinski definition) is 2. The quantitative estimate of drug-likeness (QED) is 0.838. The van der Waals surface area contributed by atoms with Crippen LogP contribution < -0.4 is 14.8 Å². The minimum absolute atomic E-state index is 0.158. The Morgan fingerprint density at radius 2 is 2.25 bits per heavy atom. The smallest absolute Gasteiger partial charge is 0.244 e. The van der Waals surface area contributed by atoms with Crippen molar-refractivity contribution >= 4 is 26.0 Å². The molecule has 2 rings (SSSR count). The molecule has 5 nitrogen and oxygen atoms in total. The first-order valence-corrected chi connectivity index (χ1v) is 8.87. The lowest BCUT2D eigenvalue weighted by atomic mass is 10.1. The van der Waals surface area contributed by atoms with Crippen molar-refractivity contribution in [2.75, 3.05) is 20.2 Å². The molecule has 112 valence electrons. The first-order valence-electron chi connectivity index (χ1n) is 6.59. The number of hydrogen-bond acceptors (Lipinski definition) is 4. The zero-order chi connectivity index (χ0) is 14.6. The first-order chi connectivity index (χ1) is 9.53. The van der Waals surface area contributed by atoms with Gasteiger partial charge >= 0.3 is 0 Å². The van der Waals surface area contributed by atoms with Crippen molar-refractivity contribution in [3.63, 3.8) is 0 Å². The van der Waals surface area contributed by atoms with Crippen molar-refractivity contribution in [1.82, 2.24) is 10.0 Å². The number of sulfonamides is 1. The van der Waals surface area contributed by atoms with Crippen LogP contribution in [0.1, 0.15) is 19.3 Å². The van der Waals surface area contributed by atoms with E-state index >= 15 is 0 Å². The molecule has 7 heteroatoms. The molecule has 0 amide bonds. The highest BCUT2D eigenvalue weighted by Gasteiger charge is 2.22. The van der Waals surface area contributed by atoms with Gasteiger partial charge in [0, 0.05) is 17.1 Å². The molecule has 1 aromatic carbocycles. The Kier molecular flexibility index (Phi) is 5.42. The molecule has 1 aliphatic heterocycles. The molecule has 0 aromatic heterocycles. The third-order valence-electron chi connectivity index (χ3n) is 3.35. The summed E-state index contributed by atoms with van der Waals surface area (Å²) in [6.07, 6.45) is 3.29. The molecule has 0 unspecified atom stereocenters. The molecule has 2 N–H and O–H groups in total. The van der Waals surface area contributed by atoms with Gasteiger partial charge in [0.2, 0.25) is 10.0 Å². The van der Waals surface area contributed by atoms with E-state index in [2.05, 4.69) is 26.0 Å². The highest BCUT2D eigenvalue weighted by molar-refractivity contribution is 9.10. The third-order valence-corrected chi connectivity index (χ3v) is 5.29. The minimum atomic E-state index is -3.57. The number of rotatable bonds is 5. The molecular formula is C13H19BrN2O3S. The normalized spacial score (nSPS) is 19.8. The topological polar surface area (TPSA) is 67.4 Å². The van der Waals surface area contributed by atoms with Gasteiger partial charge in [-0.15, -0.1) is 0 Å². The molecule has 0 saturated carbocycles. The molecule has 0 aliphatic carbocycles. The summed E-state index contributed by atoms with van der Waals surface area (Å²) >= 11 is 3.29.